The molecule has 0 fully saturated rings. The van der Waals surface area contributed by atoms with E-state index in [4.69, 9.17) is 23.2 Å². The topological polar surface area (TPSA) is 3.24 Å². The summed E-state index contributed by atoms with van der Waals surface area (Å²) < 4.78 is 13.9. The molecule has 0 atom stereocenters. The first-order valence-electron chi connectivity index (χ1n) is 5.41. The molecule has 0 N–H and O–H groups in total. The number of nitrogens with zero attached hydrogens (tertiary/aromatic N) is 1. The van der Waals surface area contributed by atoms with Crippen LogP contribution < -0.4 is 4.90 Å². The fourth-order valence-electron chi connectivity index (χ4n) is 1.71. The minimum Gasteiger partial charge on any atom is -0.378 e. The molecule has 2 aromatic rings. The maximum atomic E-state index is 13.9. The van der Waals surface area contributed by atoms with Crippen LogP contribution in [0.3, 0.4) is 0 Å². The van der Waals surface area contributed by atoms with Crippen LogP contribution in [0, 0.1) is 5.82 Å². The SMILES string of the molecule is CN(C)c1ccc(F)c(-c2ccc(Cl)cc2Cl)c1. The minimum atomic E-state index is -0.301. The molecule has 0 heterocycles. The first kappa shape index (κ1) is 13.2. The van der Waals surface area contributed by atoms with Gasteiger partial charge in [-0.3, -0.25) is 0 Å². The van der Waals surface area contributed by atoms with Gasteiger partial charge in [-0.25, -0.2) is 4.39 Å². The molecule has 94 valence electrons. The van der Waals surface area contributed by atoms with Gasteiger partial charge in [0.1, 0.15) is 5.82 Å². The van der Waals surface area contributed by atoms with E-state index < -0.39 is 0 Å². The summed E-state index contributed by atoms with van der Waals surface area (Å²) in [5.41, 5.74) is 2.03. The van der Waals surface area contributed by atoms with Crippen molar-refractivity contribution in [1.29, 1.82) is 0 Å². The van der Waals surface area contributed by atoms with Gasteiger partial charge < -0.3 is 4.90 Å². The Bertz CT molecular complexity index is 582. The Morgan fingerprint density at radius 1 is 0.944 bits per heavy atom. The Kier molecular flexibility index (Phi) is 3.79. The molecule has 2 aromatic carbocycles. The summed E-state index contributed by atoms with van der Waals surface area (Å²) in [5, 5.41) is 0.977. The summed E-state index contributed by atoms with van der Waals surface area (Å²) >= 11 is 11.9. The van der Waals surface area contributed by atoms with Crippen molar-refractivity contribution in [2.24, 2.45) is 0 Å². The van der Waals surface area contributed by atoms with Crippen molar-refractivity contribution >= 4 is 28.9 Å². The van der Waals surface area contributed by atoms with Crippen molar-refractivity contribution in [3.63, 3.8) is 0 Å². The first-order valence-corrected chi connectivity index (χ1v) is 6.17. The third kappa shape index (κ3) is 2.60. The standard InChI is InChI=1S/C14H12Cl2FN/c1-18(2)10-4-6-14(17)12(8-10)11-5-3-9(15)7-13(11)16/h3-8H,1-2H3. The van der Waals surface area contributed by atoms with Crippen LogP contribution in [0.1, 0.15) is 0 Å². The quantitative estimate of drug-likeness (QED) is 0.760. The van der Waals surface area contributed by atoms with Crippen LogP contribution in [0.5, 0.6) is 0 Å². The molecule has 0 saturated carbocycles. The fraction of sp³-hybridized carbons (Fsp3) is 0.143. The van der Waals surface area contributed by atoms with Crippen LogP contribution >= 0.6 is 23.2 Å². The average Bonchev–Trinajstić information content (AvgIpc) is 2.30. The monoisotopic (exact) mass is 283 g/mol. The maximum Gasteiger partial charge on any atom is 0.131 e. The normalized spacial score (nSPS) is 10.5. The summed E-state index contributed by atoms with van der Waals surface area (Å²) in [6, 6.07) is 9.97. The molecule has 0 unspecified atom stereocenters. The van der Waals surface area contributed by atoms with Crippen LogP contribution in [0.4, 0.5) is 10.1 Å². The zero-order chi connectivity index (χ0) is 13.3. The summed E-state index contributed by atoms with van der Waals surface area (Å²) in [4.78, 5) is 1.91. The fourth-order valence-corrected chi connectivity index (χ4v) is 2.22. The summed E-state index contributed by atoms with van der Waals surface area (Å²) in [5.74, 6) is -0.301. The maximum absolute atomic E-state index is 13.9. The van der Waals surface area contributed by atoms with E-state index in [0.717, 1.165) is 5.69 Å². The second kappa shape index (κ2) is 5.17. The lowest BCUT2D eigenvalue weighted by Gasteiger charge is -2.15. The highest BCUT2D eigenvalue weighted by Crippen LogP contribution is 2.33. The molecule has 0 spiro atoms. The third-order valence-electron chi connectivity index (χ3n) is 2.69. The average molecular weight is 284 g/mol. The molecule has 0 saturated heterocycles. The third-order valence-corrected chi connectivity index (χ3v) is 3.24. The first-order chi connectivity index (χ1) is 8.49. The molecule has 1 nitrogen and oxygen atoms in total. The molecule has 0 aliphatic heterocycles. The van der Waals surface area contributed by atoms with Gasteiger partial charge in [-0.15, -0.1) is 0 Å². The van der Waals surface area contributed by atoms with E-state index in [0.29, 0.717) is 21.2 Å². The Balaban J connectivity index is 2.59. The van der Waals surface area contributed by atoms with E-state index >= 15 is 0 Å². The van der Waals surface area contributed by atoms with Gasteiger partial charge in [0.15, 0.2) is 0 Å². The molecule has 0 aliphatic rings. The van der Waals surface area contributed by atoms with E-state index in [2.05, 4.69) is 0 Å². The molecular weight excluding hydrogens is 272 g/mol. The lowest BCUT2D eigenvalue weighted by atomic mass is 10.0. The van der Waals surface area contributed by atoms with Gasteiger partial charge in [0, 0.05) is 41.0 Å². The van der Waals surface area contributed by atoms with Gasteiger partial charge in [-0.05, 0) is 30.3 Å². The molecule has 0 radical (unpaired) electrons. The van der Waals surface area contributed by atoms with Crippen molar-refractivity contribution in [2.75, 3.05) is 19.0 Å². The number of hydrogen-bond acceptors (Lipinski definition) is 1. The van der Waals surface area contributed by atoms with Gasteiger partial charge in [0.25, 0.3) is 0 Å². The summed E-state index contributed by atoms with van der Waals surface area (Å²) in [6.45, 7) is 0. The predicted octanol–water partition coefficient (Wildman–Crippen LogP) is 4.87. The van der Waals surface area contributed by atoms with E-state index in [1.807, 2.05) is 19.0 Å². The van der Waals surface area contributed by atoms with Gasteiger partial charge in [-0.1, -0.05) is 29.3 Å². The van der Waals surface area contributed by atoms with Gasteiger partial charge in [0.2, 0.25) is 0 Å². The number of benzene rings is 2. The largest absolute Gasteiger partial charge is 0.378 e. The summed E-state index contributed by atoms with van der Waals surface area (Å²) in [6.07, 6.45) is 0. The molecule has 18 heavy (non-hydrogen) atoms. The van der Waals surface area contributed by atoms with Crippen molar-refractivity contribution in [2.45, 2.75) is 0 Å². The highest BCUT2D eigenvalue weighted by molar-refractivity contribution is 6.36. The van der Waals surface area contributed by atoms with Crippen molar-refractivity contribution < 1.29 is 4.39 Å². The number of halogens is 3. The lowest BCUT2D eigenvalue weighted by Crippen LogP contribution is -2.08. The Morgan fingerprint density at radius 3 is 2.28 bits per heavy atom. The Hall–Kier alpha value is -1.25. The van der Waals surface area contributed by atoms with E-state index in [9.17, 15) is 4.39 Å². The van der Waals surface area contributed by atoms with Crippen LogP contribution in [0.25, 0.3) is 11.1 Å². The Labute approximate surface area is 116 Å². The molecule has 0 aromatic heterocycles. The number of hydrogen-bond donors (Lipinski definition) is 0. The Morgan fingerprint density at radius 2 is 1.67 bits per heavy atom. The highest BCUT2D eigenvalue weighted by atomic mass is 35.5. The van der Waals surface area contributed by atoms with Crippen LogP contribution in [-0.2, 0) is 0 Å². The number of anilines is 1. The highest BCUT2D eigenvalue weighted by Gasteiger charge is 2.11. The van der Waals surface area contributed by atoms with E-state index in [1.54, 1.807) is 30.3 Å². The van der Waals surface area contributed by atoms with E-state index in [-0.39, 0.29) is 5.82 Å². The molecule has 0 bridgehead atoms. The molecule has 2 rings (SSSR count). The zero-order valence-electron chi connectivity index (χ0n) is 10.0. The molecular formula is C14H12Cl2FN. The molecule has 0 amide bonds. The van der Waals surface area contributed by atoms with Crippen LogP contribution in [0.2, 0.25) is 10.0 Å². The van der Waals surface area contributed by atoms with Crippen molar-refractivity contribution in [1.82, 2.24) is 0 Å². The van der Waals surface area contributed by atoms with Crippen molar-refractivity contribution in [3.8, 4) is 11.1 Å². The lowest BCUT2D eigenvalue weighted by molar-refractivity contribution is 0.631. The molecule has 0 aliphatic carbocycles. The second-order valence-corrected chi connectivity index (χ2v) is 5.03. The summed E-state index contributed by atoms with van der Waals surface area (Å²) in [7, 11) is 3.81. The van der Waals surface area contributed by atoms with Crippen LogP contribution in [0.15, 0.2) is 36.4 Å². The van der Waals surface area contributed by atoms with Crippen molar-refractivity contribution in [3.05, 3.63) is 52.3 Å². The van der Waals surface area contributed by atoms with Gasteiger partial charge >= 0.3 is 0 Å². The van der Waals surface area contributed by atoms with E-state index in [1.165, 1.54) is 6.07 Å². The predicted molar refractivity (Wildman–Crippen MR) is 76.2 cm³/mol. The zero-order valence-corrected chi connectivity index (χ0v) is 11.6. The van der Waals surface area contributed by atoms with Gasteiger partial charge in [0.05, 0.1) is 0 Å². The van der Waals surface area contributed by atoms with Crippen LogP contribution in [-0.4, -0.2) is 14.1 Å². The van der Waals surface area contributed by atoms with Gasteiger partial charge in [-0.2, -0.15) is 0 Å². The molecule has 4 heteroatoms. The number of rotatable bonds is 2. The second-order valence-electron chi connectivity index (χ2n) is 4.18. The minimum absolute atomic E-state index is 0.301. The smallest absolute Gasteiger partial charge is 0.131 e.